The number of benzene rings is 1. The lowest BCUT2D eigenvalue weighted by Crippen LogP contribution is -2.59. The number of rotatable bonds is 8. The van der Waals surface area contributed by atoms with E-state index in [1.54, 1.807) is 32.6 Å². The van der Waals surface area contributed by atoms with Gasteiger partial charge < -0.3 is 29.2 Å². The molecule has 12 nitrogen and oxygen atoms in total. The molecule has 1 saturated heterocycles. The lowest BCUT2D eigenvalue weighted by Gasteiger charge is -2.39. The molecular formula is C33H45F2N5O7. The van der Waals surface area contributed by atoms with Crippen molar-refractivity contribution in [3.05, 3.63) is 35.5 Å². The number of aromatic nitrogens is 1. The van der Waals surface area contributed by atoms with Gasteiger partial charge in [0.05, 0.1) is 12.6 Å². The Morgan fingerprint density at radius 2 is 1.55 bits per heavy atom. The summed E-state index contributed by atoms with van der Waals surface area (Å²) in [7, 11) is 2.67. The zero-order chi connectivity index (χ0) is 34.6. The van der Waals surface area contributed by atoms with Crippen LogP contribution in [0.4, 0.5) is 13.6 Å². The number of likely N-dealkylation sites (N-methyl/N-ethyl adjacent to an activating group) is 1. The summed E-state index contributed by atoms with van der Waals surface area (Å²) in [4.78, 5) is 70.1. The summed E-state index contributed by atoms with van der Waals surface area (Å²) >= 11 is 0. The van der Waals surface area contributed by atoms with Gasteiger partial charge >= 0.3 is 12.1 Å². The topological polar surface area (TPSA) is 130 Å². The van der Waals surface area contributed by atoms with Gasteiger partial charge in [-0.2, -0.15) is 0 Å². The molecule has 2 aliphatic rings. The van der Waals surface area contributed by atoms with Crippen molar-refractivity contribution in [2.45, 2.75) is 84.0 Å². The summed E-state index contributed by atoms with van der Waals surface area (Å²) in [5.41, 5.74) is -0.505. The fourth-order valence-electron chi connectivity index (χ4n) is 6.08. The predicted molar refractivity (Wildman–Crippen MR) is 168 cm³/mol. The maximum atomic E-state index is 14.1. The second kappa shape index (κ2) is 14.7. The number of nitrogens with zero attached hydrogens (tertiary/aromatic N) is 4. The van der Waals surface area contributed by atoms with Crippen molar-refractivity contribution in [3.63, 3.8) is 0 Å². The highest BCUT2D eigenvalue weighted by Gasteiger charge is 2.38. The van der Waals surface area contributed by atoms with E-state index in [0.29, 0.717) is 0 Å². The summed E-state index contributed by atoms with van der Waals surface area (Å²) in [6.07, 6.45) is 3.83. The summed E-state index contributed by atoms with van der Waals surface area (Å²) in [6, 6.07) is 1.62. The monoisotopic (exact) mass is 661 g/mol. The molecule has 14 heteroatoms. The second-order valence-electron chi connectivity index (χ2n) is 13.3. The van der Waals surface area contributed by atoms with Gasteiger partial charge in [0.2, 0.25) is 11.8 Å². The molecule has 1 aliphatic heterocycles. The predicted octanol–water partition coefficient (Wildman–Crippen LogP) is 3.70. The molecule has 2 aromatic rings. The van der Waals surface area contributed by atoms with Crippen LogP contribution in [0.3, 0.4) is 0 Å². The zero-order valence-electron chi connectivity index (χ0n) is 27.9. The average molecular weight is 662 g/mol. The number of carbonyl (C=O) groups excluding carboxylic acids is 5. The number of esters is 1. The molecule has 0 radical (unpaired) electrons. The molecule has 0 spiro atoms. The molecule has 1 aromatic heterocycles. The average Bonchev–Trinajstić information content (AvgIpc) is 3.37. The SMILES string of the molecule is COC(=O)Cn1c(C(=O)N2CCN(C(=O)[C@@H](NC(=O)[C@H](C)N(C)C(=O)OC(C)(C)C)C3CCCCC3)CC2)cc2cc(F)c(F)cc21. The van der Waals surface area contributed by atoms with Crippen molar-refractivity contribution in [2.24, 2.45) is 5.92 Å². The summed E-state index contributed by atoms with van der Waals surface area (Å²) < 4.78 is 39.5. The van der Waals surface area contributed by atoms with Gasteiger partial charge in [-0.3, -0.25) is 24.1 Å². The molecule has 1 aromatic carbocycles. The van der Waals surface area contributed by atoms with E-state index in [-0.39, 0.29) is 61.1 Å². The highest BCUT2D eigenvalue weighted by atomic mass is 19.2. The molecule has 1 N–H and O–H groups in total. The number of hydrogen-bond donors (Lipinski definition) is 1. The molecule has 1 saturated carbocycles. The van der Waals surface area contributed by atoms with Gasteiger partial charge in [0.25, 0.3) is 5.91 Å². The highest BCUT2D eigenvalue weighted by molar-refractivity contribution is 5.99. The van der Waals surface area contributed by atoms with Gasteiger partial charge in [-0.05, 0) is 58.6 Å². The number of amides is 4. The Labute approximate surface area is 273 Å². The maximum Gasteiger partial charge on any atom is 0.410 e. The van der Waals surface area contributed by atoms with Crippen LogP contribution < -0.4 is 5.32 Å². The van der Waals surface area contributed by atoms with Crippen LogP contribution in [0.2, 0.25) is 0 Å². The first-order valence-corrected chi connectivity index (χ1v) is 16.0. The van der Waals surface area contributed by atoms with Crippen LogP contribution in [0.25, 0.3) is 10.9 Å². The number of ether oxygens (including phenoxy) is 2. The Morgan fingerprint density at radius 3 is 2.15 bits per heavy atom. The third kappa shape index (κ3) is 8.38. The van der Waals surface area contributed by atoms with Gasteiger partial charge in [0, 0.05) is 44.7 Å². The van der Waals surface area contributed by atoms with E-state index in [4.69, 9.17) is 9.47 Å². The largest absolute Gasteiger partial charge is 0.468 e. The number of piperazine rings is 1. The number of carbonyl (C=O) groups is 5. The lowest BCUT2D eigenvalue weighted by atomic mass is 9.83. The second-order valence-corrected chi connectivity index (χ2v) is 13.3. The number of halogens is 2. The first kappa shape index (κ1) is 35.6. The Balaban J connectivity index is 1.48. The van der Waals surface area contributed by atoms with E-state index in [2.05, 4.69) is 5.32 Å². The first-order valence-electron chi connectivity index (χ1n) is 16.0. The molecule has 2 fully saturated rings. The van der Waals surface area contributed by atoms with E-state index in [1.807, 2.05) is 0 Å². The minimum absolute atomic E-state index is 0.0608. The van der Waals surface area contributed by atoms with Gasteiger partial charge in [0.15, 0.2) is 11.6 Å². The summed E-state index contributed by atoms with van der Waals surface area (Å²) in [6.45, 7) is 7.11. The Bertz CT molecular complexity index is 1510. The first-order chi connectivity index (χ1) is 22.1. The quantitative estimate of drug-likeness (QED) is 0.427. The van der Waals surface area contributed by atoms with Crippen LogP contribution in [0, 0.1) is 17.6 Å². The minimum atomic E-state index is -1.11. The molecule has 4 amide bonds. The minimum Gasteiger partial charge on any atom is -0.468 e. The number of nitrogens with one attached hydrogen (secondary N) is 1. The summed E-state index contributed by atoms with van der Waals surface area (Å²) in [5, 5.41) is 3.18. The summed E-state index contributed by atoms with van der Waals surface area (Å²) in [5.74, 6) is -4.12. The van der Waals surface area contributed by atoms with Crippen LogP contribution in [0.15, 0.2) is 18.2 Å². The standard InChI is InChI=1S/C33H45F2N5O7/c1-20(37(5)32(45)47-33(2,3)4)29(42)36-28(21-10-8-7-9-11-21)31(44)39-14-12-38(13-15-39)30(43)26-17-22-16-23(34)24(35)18-25(22)40(26)19-27(41)46-6/h16-18,20-21,28H,7-15,19H2,1-6H3,(H,36,42)/t20-,28-/m0/s1. The van der Waals surface area contributed by atoms with E-state index in [9.17, 15) is 32.8 Å². The molecule has 4 rings (SSSR count). The van der Waals surface area contributed by atoms with E-state index in [0.717, 1.165) is 44.2 Å². The van der Waals surface area contributed by atoms with Gasteiger partial charge in [0.1, 0.15) is 29.9 Å². The Morgan fingerprint density at radius 1 is 0.957 bits per heavy atom. The molecule has 2 atom stereocenters. The Hall–Kier alpha value is -4.23. The lowest BCUT2D eigenvalue weighted by molar-refractivity contribution is -0.141. The van der Waals surface area contributed by atoms with Crippen molar-refractivity contribution in [1.29, 1.82) is 0 Å². The molecule has 258 valence electrons. The van der Waals surface area contributed by atoms with Crippen LogP contribution >= 0.6 is 0 Å². The van der Waals surface area contributed by atoms with Crippen molar-refractivity contribution in [2.75, 3.05) is 40.3 Å². The van der Waals surface area contributed by atoms with Gasteiger partial charge in [-0.25, -0.2) is 13.6 Å². The smallest absolute Gasteiger partial charge is 0.410 e. The molecule has 0 bridgehead atoms. The van der Waals surface area contributed by atoms with Crippen LogP contribution in [-0.2, 0) is 30.4 Å². The van der Waals surface area contributed by atoms with Crippen molar-refractivity contribution in [3.8, 4) is 0 Å². The van der Waals surface area contributed by atoms with Crippen LogP contribution in [0.5, 0.6) is 0 Å². The van der Waals surface area contributed by atoms with Crippen LogP contribution in [0.1, 0.15) is 70.3 Å². The van der Waals surface area contributed by atoms with Crippen LogP contribution in [-0.4, -0.2) is 107 Å². The van der Waals surface area contributed by atoms with E-state index in [1.165, 1.54) is 34.6 Å². The van der Waals surface area contributed by atoms with Crippen molar-refractivity contribution in [1.82, 2.24) is 24.6 Å². The molecule has 47 heavy (non-hydrogen) atoms. The normalized spacial score (nSPS) is 17.2. The van der Waals surface area contributed by atoms with E-state index < -0.39 is 53.2 Å². The third-order valence-electron chi connectivity index (χ3n) is 8.88. The zero-order valence-corrected chi connectivity index (χ0v) is 27.9. The van der Waals surface area contributed by atoms with E-state index >= 15 is 0 Å². The molecule has 0 unspecified atom stereocenters. The van der Waals surface area contributed by atoms with Gasteiger partial charge in [-0.1, -0.05) is 19.3 Å². The number of fused-ring (bicyclic) bond motifs is 1. The third-order valence-corrected chi connectivity index (χ3v) is 8.88. The van der Waals surface area contributed by atoms with Crippen molar-refractivity contribution < 1.29 is 42.2 Å². The van der Waals surface area contributed by atoms with Gasteiger partial charge in [-0.15, -0.1) is 0 Å². The molecule has 2 heterocycles. The highest BCUT2D eigenvalue weighted by Crippen LogP contribution is 2.29. The fraction of sp³-hybridized carbons (Fsp3) is 0.606. The number of methoxy groups -OCH3 is 1. The molecule has 1 aliphatic carbocycles. The Kier molecular flexibility index (Phi) is 11.1. The number of hydrogen-bond acceptors (Lipinski definition) is 7. The molecular weight excluding hydrogens is 616 g/mol. The van der Waals surface area contributed by atoms with Crippen molar-refractivity contribution >= 4 is 40.7 Å². The maximum absolute atomic E-state index is 14.1. The fourth-order valence-corrected chi connectivity index (χ4v) is 6.08.